The van der Waals surface area contributed by atoms with Crippen molar-refractivity contribution in [2.45, 2.75) is 59.3 Å². The summed E-state index contributed by atoms with van der Waals surface area (Å²) >= 11 is 0. The number of rotatable bonds is 3. The van der Waals surface area contributed by atoms with E-state index in [-0.39, 0.29) is 0 Å². The van der Waals surface area contributed by atoms with Gasteiger partial charge in [-0.1, -0.05) is 46.8 Å². The third kappa shape index (κ3) is 2.14. The van der Waals surface area contributed by atoms with Gasteiger partial charge in [0.2, 0.25) is 0 Å². The summed E-state index contributed by atoms with van der Waals surface area (Å²) in [6.45, 7) is 13.2. The van der Waals surface area contributed by atoms with Crippen LogP contribution in [-0.4, -0.2) is 14.8 Å². The Morgan fingerprint density at radius 1 is 0.889 bits per heavy atom. The van der Waals surface area contributed by atoms with Gasteiger partial charge in [-0.05, 0) is 35.4 Å². The fraction of sp³-hybridized carbons (Fsp3) is 0.600. The number of hydrogen-bond donors (Lipinski definition) is 0. The van der Waals surface area contributed by atoms with Gasteiger partial charge in [0.15, 0.2) is 0 Å². The predicted octanol–water partition coefficient (Wildman–Crippen LogP) is 4.10. The second kappa shape index (κ2) is 4.71. The van der Waals surface area contributed by atoms with Gasteiger partial charge in [-0.3, -0.25) is 0 Å². The molecule has 0 N–H and O–H groups in total. The van der Waals surface area contributed by atoms with Crippen LogP contribution in [0.1, 0.15) is 76.2 Å². The van der Waals surface area contributed by atoms with Gasteiger partial charge in [0.1, 0.15) is 0 Å². The first-order chi connectivity index (χ1) is 8.41. The molecule has 18 heavy (non-hydrogen) atoms. The molecule has 0 aromatic carbocycles. The van der Waals surface area contributed by atoms with Gasteiger partial charge < -0.3 is 0 Å². The molecule has 0 saturated heterocycles. The van der Waals surface area contributed by atoms with Crippen LogP contribution in [-0.2, 0) is 0 Å². The van der Waals surface area contributed by atoms with Crippen LogP contribution in [0, 0.1) is 0 Å². The zero-order valence-electron chi connectivity index (χ0n) is 12.2. The van der Waals surface area contributed by atoms with E-state index in [1.54, 1.807) is 0 Å². The van der Waals surface area contributed by atoms with Crippen LogP contribution in [0.2, 0.25) is 0 Å². The fourth-order valence-electron chi connectivity index (χ4n) is 2.22. The summed E-state index contributed by atoms with van der Waals surface area (Å²) in [7, 11) is 0. The van der Waals surface area contributed by atoms with Gasteiger partial charge in [0, 0.05) is 5.69 Å². The van der Waals surface area contributed by atoms with Crippen LogP contribution in [0.5, 0.6) is 0 Å². The Morgan fingerprint density at radius 2 is 1.56 bits per heavy atom. The average Bonchev–Trinajstić information content (AvgIpc) is 2.67. The van der Waals surface area contributed by atoms with Crippen molar-refractivity contribution < 1.29 is 0 Å². The molecule has 0 bridgehead atoms. The summed E-state index contributed by atoms with van der Waals surface area (Å²) in [4.78, 5) is 0. The lowest BCUT2D eigenvalue weighted by atomic mass is 10.0. The van der Waals surface area contributed by atoms with Crippen molar-refractivity contribution in [2.75, 3.05) is 0 Å². The third-order valence-corrected chi connectivity index (χ3v) is 3.41. The summed E-state index contributed by atoms with van der Waals surface area (Å²) in [6, 6.07) is 4.47. The Kier molecular flexibility index (Phi) is 3.42. The topological polar surface area (TPSA) is 30.2 Å². The molecule has 0 unspecified atom stereocenters. The van der Waals surface area contributed by atoms with E-state index in [9.17, 15) is 0 Å². The Hall–Kier alpha value is -1.38. The van der Waals surface area contributed by atoms with Gasteiger partial charge in [-0.15, -0.1) is 5.10 Å². The van der Waals surface area contributed by atoms with E-state index in [0.29, 0.717) is 17.8 Å². The van der Waals surface area contributed by atoms with Gasteiger partial charge in [-0.25, -0.2) is 4.52 Å². The van der Waals surface area contributed by atoms with Crippen molar-refractivity contribution >= 4 is 5.52 Å². The molecule has 0 aliphatic carbocycles. The third-order valence-electron chi connectivity index (χ3n) is 3.41. The monoisotopic (exact) mass is 245 g/mol. The van der Waals surface area contributed by atoms with Crippen LogP contribution >= 0.6 is 0 Å². The van der Waals surface area contributed by atoms with Gasteiger partial charge in [0.25, 0.3) is 0 Å². The van der Waals surface area contributed by atoms with E-state index in [1.165, 1.54) is 16.8 Å². The highest BCUT2D eigenvalue weighted by Crippen LogP contribution is 2.28. The van der Waals surface area contributed by atoms with E-state index in [4.69, 9.17) is 0 Å². The first-order valence-electron chi connectivity index (χ1n) is 6.81. The lowest BCUT2D eigenvalue weighted by Gasteiger charge is -2.08. The second-order valence-corrected chi connectivity index (χ2v) is 5.94. The Labute approximate surface area is 109 Å². The maximum Gasteiger partial charge on any atom is 0.0720 e. The van der Waals surface area contributed by atoms with Crippen LogP contribution in [0.4, 0.5) is 0 Å². The molecule has 0 fully saturated rings. The lowest BCUT2D eigenvalue weighted by molar-refractivity contribution is 0.680. The van der Waals surface area contributed by atoms with Gasteiger partial charge in [0.05, 0.1) is 11.2 Å². The zero-order valence-corrected chi connectivity index (χ0v) is 12.2. The molecular weight excluding hydrogens is 222 g/mol. The summed E-state index contributed by atoms with van der Waals surface area (Å²) in [5.41, 5.74) is 4.90. The minimum absolute atomic E-state index is 0.417. The summed E-state index contributed by atoms with van der Waals surface area (Å²) < 4.78 is 2.01. The fourth-order valence-corrected chi connectivity index (χ4v) is 2.22. The molecule has 2 aromatic rings. The minimum atomic E-state index is 0.417. The molecule has 3 nitrogen and oxygen atoms in total. The molecule has 3 heteroatoms. The molecule has 0 atom stereocenters. The minimum Gasteiger partial charge on any atom is -0.219 e. The van der Waals surface area contributed by atoms with Gasteiger partial charge >= 0.3 is 0 Å². The van der Waals surface area contributed by atoms with Crippen molar-refractivity contribution in [3.05, 3.63) is 29.1 Å². The highest BCUT2D eigenvalue weighted by Gasteiger charge is 2.16. The molecular formula is C15H23N3. The van der Waals surface area contributed by atoms with Crippen LogP contribution < -0.4 is 0 Å². The summed E-state index contributed by atoms with van der Waals surface area (Å²) in [6.07, 6.45) is 0. The molecule has 2 rings (SSSR count). The molecule has 0 saturated carbocycles. The number of fused-ring (bicyclic) bond motifs is 1. The average molecular weight is 245 g/mol. The van der Waals surface area contributed by atoms with Crippen LogP contribution in [0.25, 0.3) is 5.52 Å². The van der Waals surface area contributed by atoms with E-state index in [1.807, 2.05) is 4.52 Å². The van der Waals surface area contributed by atoms with Gasteiger partial charge in [-0.2, -0.15) is 0 Å². The quantitative estimate of drug-likeness (QED) is 0.815. The first kappa shape index (κ1) is 13.1. The first-order valence-corrected chi connectivity index (χ1v) is 6.81. The number of aromatic nitrogens is 3. The Balaban J connectivity index is 2.71. The summed E-state index contributed by atoms with van der Waals surface area (Å²) in [5, 5.41) is 8.73. The normalized spacial score (nSPS) is 12.3. The molecule has 2 heterocycles. The highest BCUT2D eigenvalue weighted by atomic mass is 15.4. The SMILES string of the molecule is CC(C)c1cc2c(C(C)C)cc(C(C)C)n2nn1. The number of nitrogens with zero attached hydrogens (tertiary/aromatic N) is 3. The van der Waals surface area contributed by atoms with E-state index in [2.05, 4.69) is 64.0 Å². The smallest absolute Gasteiger partial charge is 0.0720 e. The number of hydrogen-bond acceptors (Lipinski definition) is 2. The molecule has 0 aliphatic rings. The molecule has 2 aromatic heterocycles. The standard InChI is InChI=1S/C15H23N3/c1-9(2)12-7-14(11(5)6)18-15(12)8-13(10(3)4)16-17-18/h7-11H,1-6H3. The van der Waals surface area contributed by atoms with Crippen LogP contribution in [0.15, 0.2) is 12.1 Å². The molecule has 0 spiro atoms. The maximum absolute atomic E-state index is 4.39. The highest BCUT2D eigenvalue weighted by molar-refractivity contribution is 5.59. The van der Waals surface area contributed by atoms with Crippen molar-refractivity contribution in [2.24, 2.45) is 0 Å². The zero-order chi connectivity index (χ0) is 13.4. The molecule has 0 amide bonds. The molecule has 98 valence electrons. The molecule has 0 aliphatic heterocycles. The predicted molar refractivity (Wildman–Crippen MR) is 75.3 cm³/mol. The van der Waals surface area contributed by atoms with Crippen LogP contribution in [0.3, 0.4) is 0 Å². The maximum atomic E-state index is 4.39. The Morgan fingerprint density at radius 3 is 2.06 bits per heavy atom. The molecule has 0 radical (unpaired) electrons. The second-order valence-electron chi connectivity index (χ2n) is 5.94. The summed E-state index contributed by atoms with van der Waals surface area (Å²) in [5.74, 6) is 1.39. The van der Waals surface area contributed by atoms with E-state index in [0.717, 1.165) is 5.69 Å². The largest absolute Gasteiger partial charge is 0.219 e. The van der Waals surface area contributed by atoms with Crippen molar-refractivity contribution in [1.82, 2.24) is 14.8 Å². The van der Waals surface area contributed by atoms with E-state index >= 15 is 0 Å². The van der Waals surface area contributed by atoms with Crippen molar-refractivity contribution in [3.63, 3.8) is 0 Å². The van der Waals surface area contributed by atoms with E-state index < -0.39 is 0 Å². The Bertz CT molecular complexity index is 550. The van der Waals surface area contributed by atoms with Crippen molar-refractivity contribution in [3.8, 4) is 0 Å². The van der Waals surface area contributed by atoms with Crippen molar-refractivity contribution in [1.29, 1.82) is 0 Å². The lowest BCUT2D eigenvalue weighted by Crippen LogP contribution is -2.05.